The van der Waals surface area contributed by atoms with Crippen LogP contribution in [-0.4, -0.2) is 36.1 Å². The molecule has 0 aliphatic carbocycles. The van der Waals surface area contributed by atoms with E-state index in [0.29, 0.717) is 12.1 Å². The Morgan fingerprint density at radius 1 is 1.44 bits per heavy atom. The zero-order valence-corrected chi connectivity index (χ0v) is 10.9. The first kappa shape index (κ1) is 13.5. The van der Waals surface area contributed by atoms with Gasteiger partial charge in [0.2, 0.25) is 0 Å². The molecule has 1 heterocycles. The molecule has 0 amide bonds. The molecule has 0 saturated carbocycles. The average molecular weight is 223 g/mol. The SMILES string of the molecule is CCCNC(C#N)CN1C(C)CCC1CC. The minimum atomic E-state index is -0.00505. The Hall–Kier alpha value is -0.590. The normalized spacial score (nSPS) is 27.9. The minimum absolute atomic E-state index is 0.00505. The number of likely N-dealkylation sites (tertiary alicyclic amines) is 1. The molecule has 0 spiro atoms. The monoisotopic (exact) mass is 223 g/mol. The van der Waals surface area contributed by atoms with E-state index in [2.05, 4.69) is 37.1 Å². The zero-order valence-electron chi connectivity index (χ0n) is 10.9. The molecule has 1 fully saturated rings. The molecule has 3 heteroatoms. The number of nitrogens with zero attached hydrogens (tertiary/aromatic N) is 2. The number of hydrogen-bond donors (Lipinski definition) is 1. The Balaban J connectivity index is 2.46. The molecular formula is C13H25N3. The Morgan fingerprint density at radius 3 is 2.75 bits per heavy atom. The van der Waals surface area contributed by atoms with E-state index in [9.17, 15) is 0 Å². The van der Waals surface area contributed by atoms with Crippen LogP contribution in [0.1, 0.15) is 46.5 Å². The van der Waals surface area contributed by atoms with Crippen molar-refractivity contribution in [2.24, 2.45) is 0 Å². The highest BCUT2D eigenvalue weighted by Gasteiger charge is 2.30. The van der Waals surface area contributed by atoms with Crippen molar-refractivity contribution >= 4 is 0 Å². The summed E-state index contributed by atoms with van der Waals surface area (Å²) >= 11 is 0. The van der Waals surface area contributed by atoms with Crippen molar-refractivity contribution in [2.45, 2.75) is 64.6 Å². The topological polar surface area (TPSA) is 39.1 Å². The van der Waals surface area contributed by atoms with Crippen LogP contribution in [0.2, 0.25) is 0 Å². The van der Waals surface area contributed by atoms with Gasteiger partial charge in [-0.15, -0.1) is 0 Å². The lowest BCUT2D eigenvalue weighted by atomic mass is 10.1. The summed E-state index contributed by atoms with van der Waals surface area (Å²) in [5.74, 6) is 0. The number of rotatable bonds is 6. The fourth-order valence-corrected chi connectivity index (χ4v) is 2.57. The van der Waals surface area contributed by atoms with Gasteiger partial charge in [-0.25, -0.2) is 0 Å². The molecule has 3 atom stereocenters. The van der Waals surface area contributed by atoms with Gasteiger partial charge < -0.3 is 5.32 Å². The van der Waals surface area contributed by atoms with Crippen LogP contribution in [0.4, 0.5) is 0 Å². The van der Waals surface area contributed by atoms with Crippen LogP contribution in [0.15, 0.2) is 0 Å². The van der Waals surface area contributed by atoms with Crippen molar-refractivity contribution in [3.8, 4) is 6.07 Å². The van der Waals surface area contributed by atoms with E-state index in [-0.39, 0.29) is 6.04 Å². The highest BCUT2D eigenvalue weighted by Crippen LogP contribution is 2.25. The van der Waals surface area contributed by atoms with E-state index in [1.807, 2.05) is 0 Å². The largest absolute Gasteiger partial charge is 0.301 e. The molecule has 3 nitrogen and oxygen atoms in total. The van der Waals surface area contributed by atoms with Crippen LogP contribution >= 0.6 is 0 Å². The van der Waals surface area contributed by atoms with Crippen molar-refractivity contribution < 1.29 is 0 Å². The number of nitriles is 1. The molecule has 0 radical (unpaired) electrons. The van der Waals surface area contributed by atoms with Gasteiger partial charge in [0, 0.05) is 18.6 Å². The lowest BCUT2D eigenvalue weighted by Gasteiger charge is -2.29. The van der Waals surface area contributed by atoms with Gasteiger partial charge in [0.25, 0.3) is 0 Å². The summed E-state index contributed by atoms with van der Waals surface area (Å²) in [6, 6.07) is 3.70. The molecule has 1 saturated heterocycles. The zero-order chi connectivity index (χ0) is 12.0. The third kappa shape index (κ3) is 3.47. The standard InChI is InChI=1S/C13H25N3/c1-4-8-15-12(9-14)10-16-11(3)6-7-13(16)5-2/h11-13,15H,4-8,10H2,1-3H3. The van der Waals surface area contributed by atoms with Gasteiger partial charge in [0.1, 0.15) is 6.04 Å². The molecule has 1 N–H and O–H groups in total. The smallest absolute Gasteiger partial charge is 0.108 e. The lowest BCUT2D eigenvalue weighted by molar-refractivity contribution is 0.188. The van der Waals surface area contributed by atoms with Gasteiger partial charge >= 0.3 is 0 Å². The fraction of sp³-hybridized carbons (Fsp3) is 0.923. The third-order valence-electron chi connectivity index (χ3n) is 3.61. The summed E-state index contributed by atoms with van der Waals surface area (Å²) in [4.78, 5) is 2.51. The van der Waals surface area contributed by atoms with Crippen molar-refractivity contribution in [1.82, 2.24) is 10.2 Å². The first-order chi connectivity index (χ1) is 7.72. The summed E-state index contributed by atoms with van der Waals surface area (Å²) in [7, 11) is 0. The van der Waals surface area contributed by atoms with Crippen LogP contribution in [-0.2, 0) is 0 Å². The van der Waals surface area contributed by atoms with Crippen LogP contribution in [0.5, 0.6) is 0 Å². The van der Waals surface area contributed by atoms with Gasteiger partial charge in [0.05, 0.1) is 6.07 Å². The van der Waals surface area contributed by atoms with E-state index in [1.54, 1.807) is 0 Å². The predicted molar refractivity (Wildman–Crippen MR) is 67.2 cm³/mol. The van der Waals surface area contributed by atoms with Crippen LogP contribution in [0.3, 0.4) is 0 Å². The number of nitrogens with one attached hydrogen (secondary N) is 1. The maximum Gasteiger partial charge on any atom is 0.108 e. The van der Waals surface area contributed by atoms with Gasteiger partial charge in [0.15, 0.2) is 0 Å². The first-order valence-electron chi connectivity index (χ1n) is 6.61. The highest BCUT2D eigenvalue weighted by molar-refractivity contribution is 4.96. The number of hydrogen-bond acceptors (Lipinski definition) is 3. The second-order valence-corrected chi connectivity index (χ2v) is 4.82. The molecule has 3 unspecified atom stereocenters. The van der Waals surface area contributed by atoms with E-state index < -0.39 is 0 Å². The quantitative estimate of drug-likeness (QED) is 0.750. The van der Waals surface area contributed by atoms with Gasteiger partial charge in [-0.2, -0.15) is 5.26 Å². The average Bonchev–Trinajstić information content (AvgIpc) is 2.65. The first-order valence-corrected chi connectivity index (χ1v) is 6.61. The molecule has 16 heavy (non-hydrogen) atoms. The fourth-order valence-electron chi connectivity index (χ4n) is 2.57. The molecule has 0 aromatic carbocycles. The van der Waals surface area contributed by atoms with Crippen LogP contribution < -0.4 is 5.32 Å². The maximum atomic E-state index is 9.12. The molecule has 1 aliphatic heterocycles. The molecular weight excluding hydrogens is 198 g/mol. The lowest BCUT2D eigenvalue weighted by Crippen LogP contribution is -2.45. The minimum Gasteiger partial charge on any atom is -0.301 e. The summed E-state index contributed by atoms with van der Waals surface area (Å²) < 4.78 is 0. The van der Waals surface area contributed by atoms with E-state index in [0.717, 1.165) is 19.5 Å². The Bertz CT molecular complexity index is 234. The summed E-state index contributed by atoms with van der Waals surface area (Å²) in [6.07, 6.45) is 4.87. The summed E-state index contributed by atoms with van der Waals surface area (Å²) in [5, 5.41) is 12.4. The molecule has 1 aliphatic rings. The van der Waals surface area contributed by atoms with E-state index >= 15 is 0 Å². The summed E-state index contributed by atoms with van der Waals surface area (Å²) in [6.45, 7) is 8.49. The predicted octanol–water partition coefficient (Wildman–Crippen LogP) is 2.14. The molecule has 0 aromatic heterocycles. The third-order valence-corrected chi connectivity index (χ3v) is 3.61. The van der Waals surface area contributed by atoms with Crippen molar-refractivity contribution in [3.05, 3.63) is 0 Å². The molecule has 0 aromatic rings. The van der Waals surface area contributed by atoms with Gasteiger partial charge in [-0.05, 0) is 39.2 Å². The summed E-state index contributed by atoms with van der Waals surface area (Å²) in [5.41, 5.74) is 0. The molecule has 92 valence electrons. The second kappa shape index (κ2) is 6.88. The Morgan fingerprint density at radius 2 is 2.19 bits per heavy atom. The van der Waals surface area contributed by atoms with Crippen LogP contribution in [0.25, 0.3) is 0 Å². The second-order valence-electron chi connectivity index (χ2n) is 4.82. The molecule has 0 bridgehead atoms. The Labute approximate surface area is 99.8 Å². The van der Waals surface area contributed by atoms with E-state index in [1.165, 1.54) is 19.3 Å². The van der Waals surface area contributed by atoms with Crippen molar-refractivity contribution in [1.29, 1.82) is 5.26 Å². The highest BCUT2D eigenvalue weighted by atomic mass is 15.2. The van der Waals surface area contributed by atoms with Gasteiger partial charge in [-0.3, -0.25) is 4.90 Å². The van der Waals surface area contributed by atoms with Gasteiger partial charge in [-0.1, -0.05) is 13.8 Å². The van der Waals surface area contributed by atoms with E-state index in [4.69, 9.17) is 5.26 Å². The van der Waals surface area contributed by atoms with Crippen LogP contribution in [0, 0.1) is 11.3 Å². The Kier molecular flexibility index (Phi) is 5.79. The van der Waals surface area contributed by atoms with Crippen molar-refractivity contribution in [3.63, 3.8) is 0 Å². The molecule has 1 rings (SSSR count). The maximum absolute atomic E-state index is 9.12. The van der Waals surface area contributed by atoms with Crippen molar-refractivity contribution in [2.75, 3.05) is 13.1 Å².